The number of aromatic nitrogens is 1. The van der Waals surface area contributed by atoms with E-state index in [0.29, 0.717) is 6.04 Å². The molecule has 1 amide bonds. The number of hydrogen-bond acceptors (Lipinski definition) is 3. The zero-order valence-electron chi connectivity index (χ0n) is 14.4. The molecule has 2 aromatic carbocycles. The van der Waals surface area contributed by atoms with Gasteiger partial charge in [-0.25, -0.2) is 4.98 Å². The van der Waals surface area contributed by atoms with Crippen molar-refractivity contribution in [2.24, 2.45) is 0 Å². The maximum atomic E-state index is 13.0. The molecule has 0 spiro atoms. The molecule has 1 heterocycles. The van der Waals surface area contributed by atoms with Crippen molar-refractivity contribution < 1.29 is 4.79 Å². The fraction of sp³-hybridized carbons (Fsp3) is 0.333. The second-order valence-corrected chi connectivity index (χ2v) is 7.98. The summed E-state index contributed by atoms with van der Waals surface area (Å²) in [5.41, 5.74) is 3.67. The number of thiazole rings is 1. The van der Waals surface area contributed by atoms with E-state index in [4.69, 9.17) is 4.98 Å². The number of hydrogen-bond donors (Lipinski definition) is 1. The predicted octanol–water partition coefficient (Wildman–Crippen LogP) is 5.33. The first kappa shape index (κ1) is 16.3. The molecule has 1 fully saturated rings. The van der Waals surface area contributed by atoms with E-state index in [2.05, 4.69) is 17.4 Å². The molecule has 0 aliphatic heterocycles. The summed E-state index contributed by atoms with van der Waals surface area (Å²) in [5.74, 6) is 0.0262. The quantitative estimate of drug-likeness (QED) is 0.693. The molecule has 1 aliphatic carbocycles. The maximum absolute atomic E-state index is 13.0. The minimum Gasteiger partial charge on any atom is -0.349 e. The van der Waals surface area contributed by atoms with Crippen LogP contribution in [0.3, 0.4) is 0 Å². The monoisotopic (exact) mass is 350 g/mol. The van der Waals surface area contributed by atoms with Crippen LogP contribution in [0.15, 0.2) is 42.5 Å². The second kappa shape index (κ2) is 6.96. The highest BCUT2D eigenvalue weighted by Crippen LogP contribution is 2.34. The Morgan fingerprint density at radius 2 is 1.84 bits per heavy atom. The van der Waals surface area contributed by atoms with Gasteiger partial charge < -0.3 is 5.32 Å². The molecular weight excluding hydrogens is 328 g/mol. The van der Waals surface area contributed by atoms with Crippen LogP contribution in [0.2, 0.25) is 0 Å². The van der Waals surface area contributed by atoms with Gasteiger partial charge in [-0.05, 0) is 37.5 Å². The van der Waals surface area contributed by atoms with Crippen LogP contribution in [0.5, 0.6) is 0 Å². The van der Waals surface area contributed by atoms with Gasteiger partial charge in [0.05, 0.1) is 15.2 Å². The molecule has 1 saturated carbocycles. The molecule has 128 valence electrons. The normalized spacial score (nSPS) is 15.4. The van der Waals surface area contributed by atoms with Crippen molar-refractivity contribution in [2.75, 3.05) is 0 Å². The van der Waals surface area contributed by atoms with Crippen LogP contribution in [0, 0.1) is 6.92 Å². The number of benzene rings is 2. The number of nitrogens with one attached hydrogen (secondary N) is 1. The fourth-order valence-corrected chi connectivity index (χ4v) is 4.54. The highest BCUT2D eigenvalue weighted by atomic mass is 32.1. The Bertz CT molecular complexity index is 895. The third-order valence-electron chi connectivity index (χ3n) is 4.92. The number of amides is 1. The number of carbonyl (C=O) groups is 1. The van der Waals surface area contributed by atoms with Crippen molar-refractivity contribution in [3.8, 4) is 11.1 Å². The Kier molecular flexibility index (Phi) is 4.53. The fourth-order valence-electron chi connectivity index (χ4n) is 3.70. The molecule has 0 bridgehead atoms. The summed E-state index contributed by atoms with van der Waals surface area (Å²) in [7, 11) is 0. The smallest absolute Gasteiger partial charge is 0.252 e. The van der Waals surface area contributed by atoms with E-state index in [1.54, 1.807) is 11.3 Å². The minimum atomic E-state index is 0.0262. The minimum absolute atomic E-state index is 0.0262. The SMILES string of the molecule is Cc1nc2c(-c3ccccc3)c(C(=O)NC3CCCCC3)ccc2s1. The van der Waals surface area contributed by atoms with E-state index in [1.807, 2.05) is 37.3 Å². The molecule has 1 aliphatic rings. The van der Waals surface area contributed by atoms with E-state index in [-0.39, 0.29) is 5.91 Å². The number of aryl methyl sites for hydroxylation is 1. The van der Waals surface area contributed by atoms with Crippen LogP contribution in [0.4, 0.5) is 0 Å². The molecule has 0 radical (unpaired) electrons. The van der Waals surface area contributed by atoms with Crippen LogP contribution in [-0.2, 0) is 0 Å². The Labute approximate surface area is 152 Å². The number of nitrogens with zero attached hydrogens (tertiary/aromatic N) is 1. The maximum Gasteiger partial charge on any atom is 0.252 e. The lowest BCUT2D eigenvalue weighted by Crippen LogP contribution is -2.36. The van der Waals surface area contributed by atoms with Crippen molar-refractivity contribution in [1.29, 1.82) is 0 Å². The summed E-state index contributed by atoms with van der Waals surface area (Å²) in [6, 6.07) is 14.4. The Morgan fingerprint density at radius 1 is 1.08 bits per heavy atom. The standard InChI is InChI=1S/C21H22N2OS/c1-14-22-20-18(25-14)13-12-17(19(20)15-8-4-2-5-9-15)21(24)23-16-10-6-3-7-11-16/h2,4-5,8-9,12-13,16H,3,6-7,10-11H2,1H3,(H,23,24). The van der Waals surface area contributed by atoms with Crippen molar-refractivity contribution in [2.45, 2.75) is 45.1 Å². The molecule has 25 heavy (non-hydrogen) atoms. The average Bonchev–Trinajstić information content (AvgIpc) is 3.02. The highest BCUT2D eigenvalue weighted by molar-refractivity contribution is 7.18. The summed E-state index contributed by atoms with van der Waals surface area (Å²) in [6.45, 7) is 2.02. The molecule has 0 saturated heterocycles. The molecule has 4 rings (SSSR count). The first-order chi connectivity index (χ1) is 12.2. The van der Waals surface area contributed by atoms with Crippen LogP contribution in [0.1, 0.15) is 47.5 Å². The second-order valence-electron chi connectivity index (χ2n) is 6.74. The van der Waals surface area contributed by atoms with E-state index in [9.17, 15) is 4.79 Å². The van der Waals surface area contributed by atoms with Crippen molar-refractivity contribution >= 4 is 27.5 Å². The summed E-state index contributed by atoms with van der Waals surface area (Å²) in [5, 5.41) is 4.28. The van der Waals surface area contributed by atoms with Gasteiger partial charge in [-0.2, -0.15) is 0 Å². The highest BCUT2D eigenvalue weighted by Gasteiger charge is 2.21. The third kappa shape index (κ3) is 3.31. The van der Waals surface area contributed by atoms with Crippen LogP contribution < -0.4 is 5.32 Å². The van der Waals surface area contributed by atoms with Gasteiger partial charge in [-0.1, -0.05) is 49.6 Å². The molecule has 3 aromatic rings. The Morgan fingerprint density at radius 3 is 2.60 bits per heavy atom. The van der Waals surface area contributed by atoms with Crippen LogP contribution in [0.25, 0.3) is 21.3 Å². The van der Waals surface area contributed by atoms with Crippen LogP contribution >= 0.6 is 11.3 Å². The van der Waals surface area contributed by atoms with E-state index < -0.39 is 0 Å². The molecule has 3 nitrogen and oxygen atoms in total. The summed E-state index contributed by atoms with van der Waals surface area (Å²) >= 11 is 1.67. The van der Waals surface area contributed by atoms with Gasteiger partial charge in [0.2, 0.25) is 0 Å². The molecule has 1 aromatic heterocycles. The number of carbonyl (C=O) groups excluding carboxylic acids is 1. The molecule has 4 heteroatoms. The largest absolute Gasteiger partial charge is 0.349 e. The third-order valence-corrected chi connectivity index (χ3v) is 5.85. The molecule has 0 atom stereocenters. The van der Waals surface area contributed by atoms with Crippen molar-refractivity contribution in [3.05, 3.63) is 53.0 Å². The topological polar surface area (TPSA) is 42.0 Å². The zero-order valence-corrected chi connectivity index (χ0v) is 15.2. The van der Waals surface area contributed by atoms with E-state index >= 15 is 0 Å². The summed E-state index contributed by atoms with van der Waals surface area (Å²) in [6.07, 6.45) is 5.88. The van der Waals surface area contributed by atoms with Gasteiger partial charge >= 0.3 is 0 Å². The van der Waals surface area contributed by atoms with Gasteiger partial charge in [-0.3, -0.25) is 4.79 Å². The van der Waals surface area contributed by atoms with Gasteiger partial charge in [0, 0.05) is 17.2 Å². The van der Waals surface area contributed by atoms with Crippen LogP contribution in [-0.4, -0.2) is 16.9 Å². The van der Waals surface area contributed by atoms with Crippen molar-refractivity contribution in [3.63, 3.8) is 0 Å². The van der Waals surface area contributed by atoms with E-state index in [1.165, 1.54) is 19.3 Å². The molecular formula is C21H22N2OS. The van der Waals surface area contributed by atoms with Gasteiger partial charge in [0.1, 0.15) is 0 Å². The average molecular weight is 350 g/mol. The lowest BCUT2D eigenvalue weighted by Gasteiger charge is -2.23. The first-order valence-corrected chi connectivity index (χ1v) is 9.80. The lowest BCUT2D eigenvalue weighted by atomic mass is 9.94. The van der Waals surface area contributed by atoms with Gasteiger partial charge in [-0.15, -0.1) is 11.3 Å². The first-order valence-electron chi connectivity index (χ1n) is 8.99. The molecule has 0 unspecified atom stereocenters. The summed E-state index contributed by atoms with van der Waals surface area (Å²) < 4.78 is 1.13. The van der Waals surface area contributed by atoms with Crippen molar-refractivity contribution in [1.82, 2.24) is 10.3 Å². The predicted molar refractivity (Wildman–Crippen MR) is 104 cm³/mol. The van der Waals surface area contributed by atoms with Gasteiger partial charge in [0.15, 0.2) is 0 Å². The lowest BCUT2D eigenvalue weighted by molar-refractivity contribution is 0.0928. The Hall–Kier alpha value is -2.20. The Balaban J connectivity index is 1.78. The zero-order chi connectivity index (χ0) is 17.2. The molecule has 1 N–H and O–H groups in total. The number of fused-ring (bicyclic) bond motifs is 1. The number of rotatable bonds is 3. The summed E-state index contributed by atoms with van der Waals surface area (Å²) in [4.78, 5) is 17.7. The van der Waals surface area contributed by atoms with E-state index in [0.717, 1.165) is 44.8 Å². The van der Waals surface area contributed by atoms with Gasteiger partial charge in [0.25, 0.3) is 5.91 Å².